The van der Waals surface area contributed by atoms with Crippen molar-refractivity contribution in [3.8, 4) is 5.75 Å². The number of fused-ring (bicyclic) bond motifs is 1. The van der Waals surface area contributed by atoms with E-state index in [0.29, 0.717) is 63.9 Å². The molecule has 1 saturated heterocycles. The predicted octanol–water partition coefficient (Wildman–Crippen LogP) is 6.41. The maximum absolute atomic E-state index is 13.0. The number of anilines is 1. The van der Waals surface area contributed by atoms with E-state index in [2.05, 4.69) is 47.0 Å². The molecule has 4 aromatic rings. The van der Waals surface area contributed by atoms with Crippen LogP contribution in [0.15, 0.2) is 103 Å². The Morgan fingerprint density at radius 2 is 1.49 bits per heavy atom. The summed E-state index contributed by atoms with van der Waals surface area (Å²) in [6.07, 6.45) is 1.51. The predicted molar refractivity (Wildman–Crippen MR) is 221 cm³/mol. The molecule has 0 spiro atoms. The first-order valence-electron chi connectivity index (χ1n) is 19.4. The summed E-state index contributed by atoms with van der Waals surface area (Å²) in [7, 11) is 1.76. The summed E-state index contributed by atoms with van der Waals surface area (Å²) in [6.45, 7) is 3.02. The lowest BCUT2D eigenvalue weighted by atomic mass is 9.88. The summed E-state index contributed by atoms with van der Waals surface area (Å²) in [5, 5.41) is 5.66. The van der Waals surface area contributed by atoms with Crippen molar-refractivity contribution < 1.29 is 33.4 Å². The number of ether oxygens (including phenoxy) is 3. The average Bonchev–Trinajstić information content (AvgIpc) is 3.57. The van der Waals surface area contributed by atoms with Crippen molar-refractivity contribution in [3.05, 3.63) is 131 Å². The topological polar surface area (TPSA) is 127 Å². The van der Waals surface area contributed by atoms with Crippen LogP contribution < -0.4 is 15.4 Å². The summed E-state index contributed by atoms with van der Waals surface area (Å²) in [6, 6.07) is 33.5. The first-order valence-corrected chi connectivity index (χ1v) is 19.9. The van der Waals surface area contributed by atoms with E-state index in [-0.39, 0.29) is 37.2 Å². The van der Waals surface area contributed by atoms with Crippen LogP contribution in [0.25, 0.3) is 11.1 Å². The molecule has 1 atom stereocenters. The standard InChI is InChI=1S/C45H49ClN4O7/c1-49(25-28-57-35-17-15-34(16-18-35)43(33-11-6-3-7-12-33)36(21-23-46)32-9-4-2-5-10-32)42(52)22-26-55-29-30-56-27-24-47-39-14-8-13-37-38(39)31-50(45(37)54)40-19-20-41(51)48-44(40)53/h2-18,40,47H,19-31H2,1H3,(H,48,51,53). The van der Waals surface area contributed by atoms with E-state index < -0.39 is 11.9 Å². The Morgan fingerprint density at radius 3 is 2.19 bits per heavy atom. The Kier molecular flexibility index (Phi) is 14.9. The number of carbonyl (C=O) groups is 4. The molecule has 1 fully saturated rings. The normalized spacial score (nSPS) is 15.5. The van der Waals surface area contributed by atoms with Crippen LogP contribution in [0.3, 0.4) is 0 Å². The molecule has 2 heterocycles. The van der Waals surface area contributed by atoms with Gasteiger partial charge in [-0.1, -0.05) is 78.9 Å². The van der Waals surface area contributed by atoms with E-state index in [1.807, 2.05) is 54.6 Å². The number of rotatable bonds is 20. The number of allylic oxidation sites excluding steroid dienone is 1. The molecule has 57 heavy (non-hydrogen) atoms. The second-order valence-corrected chi connectivity index (χ2v) is 14.2. The molecular formula is C45H49ClN4O7. The summed E-state index contributed by atoms with van der Waals surface area (Å²) in [5.41, 5.74) is 7.85. The maximum Gasteiger partial charge on any atom is 0.255 e. The molecule has 0 radical (unpaired) electrons. The number of hydrogen-bond donors (Lipinski definition) is 2. The first kappa shape index (κ1) is 41.2. The minimum Gasteiger partial charge on any atom is -0.492 e. The van der Waals surface area contributed by atoms with Gasteiger partial charge in [0, 0.05) is 49.3 Å². The number of piperidine rings is 1. The molecule has 2 aliphatic rings. The Balaban J connectivity index is 0.870. The zero-order valence-corrected chi connectivity index (χ0v) is 33.0. The minimum atomic E-state index is -0.655. The summed E-state index contributed by atoms with van der Waals surface area (Å²) < 4.78 is 17.4. The molecule has 0 aromatic heterocycles. The van der Waals surface area contributed by atoms with Crippen LogP contribution in [0.5, 0.6) is 5.75 Å². The van der Waals surface area contributed by atoms with Gasteiger partial charge in [-0.25, -0.2) is 0 Å². The van der Waals surface area contributed by atoms with E-state index in [0.717, 1.165) is 45.7 Å². The molecule has 2 N–H and O–H groups in total. The van der Waals surface area contributed by atoms with Gasteiger partial charge in [-0.3, -0.25) is 24.5 Å². The number of nitrogens with zero attached hydrogens (tertiary/aromatic N) is 2. The van der Waals surface area contributed by atoms with Crippen LogP contribution in [0.4, 0.5) is 5.69 Å². The van der Waals surface area contributed by atoms with Gasteiger partial charge in [0.1, 0.15) is 18.4 Å². The monoisotopic (exact) mass is 792 g/mol. The largest absolute Gasteiger partial charge is 0.492 e. The van der Waals surface area contributed by atoms with Gasteiger partial charge in [-0.05, 0) is 64.9 Å². The van der Waals surface area contributed by atoms with Crippen LogP contribution in [0.1, 0.15) is 58.3 Å². The lowest BCUT2D eigenvalue weighted by Crippen LogP contribution is -2.52. The first-order chi connectivity index (χ1) is 27.8. The number of amides is 4. The van der Waals surface area contributed by atoms with Crippen molar-refractivity contribution in [2.75, 3.05) is 64.4 Å². The smallest absolute Gasteiger partial charge is 0.255 e. The third kappa shape index (κ3) is 10.9. The zero-order chi connectivity index (χ0) is 40.0. The van der Waals surface area contributed by atoms with E-state index in [9.17, 15) is 19.2 Å². The quantitative estimate of drug-likeness (QED) is 0.0456. The number of alkyl halides is 1. The molecule has 11 nitrogen and oxygen atoms in total. The molecule has 0 saturated carbocycles. The number of likely N-dealkylation sites (N-methyl/N-ethyl adjacent to an activating group) is 1. The molecule has 1 unspecified atom stereocenters. The number of carbonyl (C=O) groups excluding carboxylic acids is 4. The van der Waals surface area contributed by atoms with Crippen molar-refractivity contribution in [1.29, 1.82) is 0 Å². The SMILES string of the molecule is CN(CCOc1ccc(C(=C(CCCl)c2ccccc2)c2ccccc2)cc1)C(=O)CCOCCOCCNc1cccc2c1CN(C1CCC(=O)NC1=O)C2=O. The molecule has 6 rings (SSSR count). The average molecular weight is 793 g/mol. The van der Waals surface area contributed by atoms with Crippen molar-refractivity contribution in [2.45, 2.75) is 38.3 Å². The molecule has 4 aromatic carbocycles. The molecule has 298 valence electrons. The summed E-state index contributed by atoms with van der Waals surface area (Å²) in [4.78, 5) is 52.9. The highest BCUT2D eigenvalue weighted by atomic mass is 35.5. The number of halogens is 1. The molecule has 2 aliphatic heterocycles. The Morgan fingerprint density at radius 1 is 0.807 bits per heavy atom. The van der Waals surface area contributed by atoms with Gasteiger partial charge in [0.15, 0.2) is 0 Å². The van der Waals surface area contributed by atoms with Crippen LogP contribution in [-0.4, -0.2) is 98.5 Å². The fraction of sp³-hybridized carbons (Fsp3) is 0.333. The third-order valence-electron chi connectivity index (χ3n) is 10.1. The summed E-state index contributed by atoms with van der Waals surface area (Å²) >= 11 is 6.30. The van der Waals surface area contributed by atoms with Crippen molar-refractivity contribution in [3.63, 3.8) is 0 Å². The van der Waals surface area contributed by atoms with Gasteiger partial charge in [0.2, 0.25) is 17.7 Å². The minimum absolute atomic E-state index is 0.0329. The maximum atomic E-state index is 13.0. The van der Waals surface area contributed by atoms with Gasteiger partial charge in [0.25, 0.3) is 5.91 Å². The fourth-order valence-corrected chi connectivity index (χ4v) is 7.28. The van der Waals surface area contributed by atoms with E-state index in [1.165, 1.54) is 10.5 Å². The second-order valence-electron chi connectivity index (χ2n) is 13.8. The zero-order valence-electron chi connectivity index (χ0n) is 32.2. The van der Waals surface area contributed by atoms with Gasteiger partial charge in [0.05, 0.1) is 39.4 Å². The number of imide groups is 1. The third-order valence-corrected chi connectivity index (χ3v) is 10.3. The van der Waals surface area contributed by atoms with Gasteiger partial charge >= 0.3 is 0 Å². The number of benzene rings is 4. The summed E-state index contributed by atoms with van der Waals surface area (Å²) in [5.74, 6) is 0.251. The Labute approximate surface area is 338 Å². The fourth-order valence-electron chi connectivity index (χ4n) is 7.09. The van der Waals surface area contributed by atoms with Gasteiger partial charge in [-0.15, -0.1) is 11.6 Å². The van der Waals surface area contributed by atoms with Crippen LogP contribution in [0, 0.1) is 0 Å². The van der Waals surface area contributed by atoms with Crippen LogP contribution in [0.2, 0.25) is 0 Å². The molecular weight excluding hydrogens is 744 g/mol. The highest BCUT2D eigenvalue weighted by Crippen LogP contribution is 2.36. The lowest BCUT2D eigenvalue weighted by Gasteiger charge is -2.29. The Hall–Kier alpha value is -5.49. The van der Waals surface area contributed by atoms with Crippen LogP contribution >= 0.6 is 11.6 Å². The highest BCUT2D eigenvalue weighted by Gasteiger charge is 2.39. The van der Waals surface area contributed by atoms with Crippen molar-refractivity contribution >= 4 is 52.1 Å². The highest BCUT2D eigenvalue weighted by molar-refractivity contribution is 6.18. The van der Waals surface area contributed by atoms with E-state index in [4.69, 9.17) is 25.8 Å². The van der Waals surface area contributed by atoms with Crippen molar-refractivity contribution in [1.82, 2.24) is 15.1 Å². The lowest BCUT2D eigenvalue weighted by molar-refractivity contribution is -0.137. The number of hydrogen-bond acceptors (Lipinski definition) is 8. The molecule has 0 bridgehead atoms. The van der Waals surface area contributed by atoms with Crippen molar-refractivity contribution in [2.24, 2.45) is 0 Å². The molecule has 0 aliphatic carbocycles. The second kappa shape index (κ2) is 20.6. The van der Waals surface area contributed by atoms with Gasteiger partial charge < -0.3 is 29.3 Å². The van der Waals surface area contributed by atoms with Crippen LogP contribution in [-0.2, 0) is 30.4 Å². The van der Waals surface area contributed by atoms with Gasteiger partial charge in [-0.2, -0.15) is 0 Å². The molecule has 4 amide bonds. The van der Waals surface area contributed by atoms with E-state index >= 15 is 0 Å². The van der Waals surface area contributed by atoms with E-state index in [1.54, 1.807) is 24.1 Å². The Bertz CT molecular complexity index is 2020. The number of nitrogens with one attached hydrogen (secondary N) is 2. The molecule has 12 heteroatoms.